The van der Waals surface area contributed by atoms with Crippen LogP contribution < -0.4 is 5.73 Å². The van der Waals surface area contributed by atoms with E-state index in [-0.39, 0.29) is 20.3 Å². The molecule has 0 spiro atoms. The highest BCUT2D eigenvalue weighted by Gasteiger charge is 2.19. The fourth-order valence-corrected chi connectivity index (χ4v) is 2.70. The van der Waals surface area contributed by atoms with E-state index in [1.165, 1.54) is 13.3 Å². The van der Waals surface area contributed by atoms with E-state index in [0.717, 1.165) is 5.56 Å². The molecule has 0 unspecified atom stereocenters. The van der Waals surface area contributed by atoms with Crippen molar-refractivity contribution in [3.63, 3.8) is 0 Å². The number of methoxy groups -OCH3 is 1. The summed E-state index contributed by atoms with van der Waals surface area (Å²) >= 11 is 0. The number of carbonyl (C=O) groups excluding carboxylic acids is 1. The molecular formula is C20H19N5O3. The maximum absolute atomic E-state index is 12.1. The van der Waals surface area contributed by atoms with Crippen LogP contribution in [-0.2, 0) is 4.74 Å². The summed E-state index contributed by atoms with van der Waals surface area (Å²) in [4.78, 5) is 20.7. The predicted octanol–water partition coefficient (Wildman–Crippen LogP) is 3.72. The zero-order valence-electron chi connectivity index (χ0n) is 14.9. The molecule has 0 amide bonds. The Morgan fingerprint density at radius 3 is 2.54 bits per heavy atom. The van der Waals surface area contributed by atoms with Gasteiger partial charge in [-0.3, -0.25) is 0 Å². The normalized spacial score (nSPS) is 10.6. The average molecular weight is 377 g/mol. The fraction of sp³-hybridized carbons (Fsp3) is 0.0500. The first-order valence-corrected chi connectivity index (χ1v) is 8.37. The molecule has 0 saturated carbocycles. The van der Waals surface area contributed by atoms with Crippen LogP contribution >= 0.6 is 0 Å². The molecule has 0 aliphatic carbocycles. The molecule has 0 aliphatic rings. The first-order valence-electron chi connectivity index (χ1n) is 8.37. The Balaban J connectivity index is 0.00000160. The molecular weight excluding hydrogens is 358 g/mol. The van der Waals surface area contributed by atoms with Crippen LogP contribution in [0, 0.1) is 0 Å². The van der Waals surface area contributed by atoms with Gasteiger partial charge in [0, 0.05) is 14.0 Å². The number of nitrogens with two attached hydrogens (primary N) is 1. The Hall–Kier alpha value is -4.07. The van der Waals surface area contributed by atoms with Crippen LogP contribution in [0.5, 0.6) is 0 Å². The maximum Gasteiger partial charge on any atom is 0.338 e. The number of rotatable bonds is 4. The Kier molecular flexibility index (Phi) is 4.51. The van der Waals surface area contributed by atoms with Gasteiger partial charge < -0.3 is 14.9 Å². The van der Waals surface area contributed by atoms with E-state index in [4.69, 9.17) is 14.9 Å². The van der Waals surface area contributed by atoms with E-state index in [1.54, 1.807) is 24.3 Å². The molecule has 4 aromatic rings. The number of carbonyl (C=O) groups is 1. The average Bonchev–Trinajstić information content (AvgIpc) is 3.24. The molecule has 4 rings (SSSR count). The van der Waals surface area contributed by atoms with E-state index in [0.29, 0.717) is 22.7 Å². The van der Waals surface area contributed by atoms with Crippen LogP contribution in [0.4, 0.5) is 5.82 Å². The number of nitrogen functional groups attached to an aromatic ring is 1. The zero-order valence-corrected chi connectivity index (χ0v) is 14.9. The van der Waals surface area contributed by atoms with Crippen molar-refractivity contribution < 1.29 is 16.8 Å². The Morgan fingerprint density at radius 1 is 1.04 bits per heavy atom. The second kappa shape index (κ2) is 7.28. The van der Waals surface area contributed by atoms with Crippen LogP contribution in [-0.4, -0.2) is 33.2 Å². The smallest absolute Gasteiger partial charge is 0.338 e. The van der Waals surface area contributed by atoms with Crippen molar-refractivity contribution in [2.75, 3.05) is 12.8 Å². The number of hydrogen-bond donors (Lipinski definition) is 1. The van der Waals surface area contributed by atoms with Gasteiger partial charge in [0.15, 0.2) is 11.5 Å². The maximum atomic E-state index is 12.1. The summed E-state index contributed by atoms with van der Waals surface area (Å²) in [6, 6.07) is 16.3. The monoisotopic (exact) mass is 377 g/mol. The molecule has 142 valence electrons. The first kappa shape index (κ1) is 17.3. The minimum Gasteiger partial charge on any atom is -0.465 e. The van der Waals surface area contributed by atoms with Gasteiger partial charge in [-0.05, 0) is 18.2 Å². The van der Waals surface area contributed by atoms with Gasteiger partial charge in [0.05, 0.1) is 24.6 Å². The minimum atomic E-state index is -0.472. The van der Waals surface area contributed by atoms with Gasteiger partial charge in [-0.25, -0.2) is 14.8 Å². The molecule has 2 N–H and O–H groups in total. The third-order valence-corrected chi connectivity index (χ3v) is 4.06. The van der Waals surface area contributed by atoms with Crippen molar-refractivity contribution in [1.29, 1.82) is 0 Å². The van der Waals surface area contributed by atoms with Crippen molar-refractivity contribution >= 4 is 11.8 Å². The predicted molar refractivity (Wildman–Crippen MR) is 106 cm³/mol. The van der Waals surface area contributed by atoms with E-state index in [1.807, 2.05) is 30.3 Å². The summed E-state index contributed by atoms with van der Waals surface area (Å²) in [6.45, 7) is 0. The molecule has 2 aromatic carbocycles. The molecule has 2 heterocycles. The molecule has 8 heteroatoms. The molecule has 2 aromatic heterocycles. The largest absolute Gasteiger partial charge is 0.465 e. The Labute approximate surface area is 163 Å². The molecule has 0 aliphatic heterocycles. The van der Waals surface area contributed by atoms with Gasteiger partial charge in [-0.15, -0.1) is 10.2 Å². The highest BCUT2D eigenvalue weighted by Crippen LogP contribution is 2.29. The molecule has 0 bridgehead atoms. The summed E-state index contributed by atoms with van der Waals surface area (Å²) in [6.07, 6.45) is 1.48. The molecule has 0 saturated heterocycles. The summed E-state index contributed by atoms with van der Waals surface area (Å²) in [5.41, 5.74) is 8.36. The summed E-state index contributed by atoms with van der Waals surface area (Å²) < 4.78 is 10.6. The third kappa shape index (κ3) is 3.18. The summed E-state index contributed by atoms with van der Waals surface area (Å²) in [5, 5.41) is 8.09. The highest BCUT2D eigenvalue weighted by molar-refractivity contribution is 5.96. The lowest BCUT2D eigenvalue weighted by atomic mass is 10.0. The summed E-state index contributed by atoms with van der Waals surface area (Å²) in [7, 11) is 1.32. The lowest BCUT2D eigenvalue weighted by molar-refractivity contribution is 0.0601. The lowest BCUT2D eigenvalue weighted by Crippen LogP contribution is -2.05. The van der Waals surface area contributed by atoms with Crippen molar-refractivity contribution in [3.8, 4) is 34.3 Å². The van der Waals surface area contributed by atoms with Gasteiger partial charge in [0.1, 0.15) is 0 Å². The number of hydrogen-bond acceptors (Lipinski definition) is 8. The number of benzene rings is 2. The Morgan fingerprint density at radius 2 is 1.75 bits per heavy atom. The second-order valence-corrected chi connectivity index (χ2v) is 5.80. The van der Waals surface area contributed by atoms with Crippen LogP contribution in [0.1, 0.15) is 13.2 Å². The van der Waals surface area contributed by atoms with Gasteiger partial charge in [-0.2, -0.15) is 0 Å². The van der Waals surface area contributed by atoms with Crippen molar-refractivity contribution in [2.24, 2.45) is 0 Å². The number of nitrogens with zero attached hydrogens (tertiary/aromatic N) is 4. The summed E-state index contributed by atoms with van der Waals surface area (Å²) in [5.74, 6) is 0.154. The Bertz CT molecular complexity index is 1150. The molecule has 0 radical (unpaired) electrons. The van der Waals surface area contributed by atoms with Crippen molar-refractivity contribution in [1.82, 2.24) is 20.2 Å². The van der Waals surface area contributed by atoms with E-state index >= 15 is 0 Å². The molecule has 28 heavy (non-hydrogen) atoms. The van der Waals surface area contributed by atoms with Crippen LogP contribution in [0.3, 0.4) is 0 Å². The van der Waals surface area contributed by atoms with Gasteiger partial charge in [-0.1, -0.05) is 36.4 Å². The third-order valence-electron chi connectivity index (χ3n) is 4.06. The van der Waals surface area contributed by atoms with Gasteiger partial charge in [0.25, 0.3) is 5.89 Å². The van der Waals surface area contributed by atoms with Gasteiger partial charge in [0.2, 0.25) is 5.89 Å². The van der Waals surface area contributed by atoms with Crippen LogP contribution in [0.2, 0.25) is 0 Å². The standard InChI is InChI=1S/C20H15N5O3.2H2/c1-27-20(26)14-10-6-5-9-13(14)15-11-22-17(21)16(23-15)19-25-24-18(28-19)12-7-3-2-4-8-12;;/h2-11H,1H3,(H2,21,22);2*1H. The quantitative estimate of drug-likeness (QED) is 0.535. The number of aromatic nitrogens is 4. The molecule has 0 fully saturated rings. The minimum absolute atomic E-state index is 0. The van der Waals surface area contributed by atoms with Gasteiger partial charge >= 0.3 is 5.97 Å². The van der Waals surface area contributed by atoms with Crippen LogP contribution in [0.25, 0.3) is 34.3 Å². The molecule has 8 nitrogen and oxygen atoms in total. The molecule has 0 atom stereocenters. The van der Waals surface area contributed by atoms with E-state index in [2.05, 4.69) is 20.2 Å². The van der Waals surface area contributed by atoms with Crippen molar-refractivity contribution in [2.45, 2.75) is 0 Å². The van der Waals surface area contributed by atoms with Crippen LogP contribution in [0.15, 0.2) is 65.2 Å². The number of ether oxygens (including phenoxy) is 1. The first-order chi connectivity index (χ1) is 13.7. The number of anilines is 1. The topological polar surface area (TPSA) is 117 Å². The van der Waals surface area contributed by atoms with Crippen molar-refractivity contribution in [3.05, 3.63) is 66.4 Å². The zero-order chi connectivity index (χ0) is 19.5. The SMILES string of the molecule is COC(=O)c1ccccc1-c1cnc(N)c(-c2nnc(-c3ccccc3)o2)n1.[HH].[HH]. The lowest BCUT2D eigenvalue weighted by Gasteiger charge is -2.08. The van der Waals surface area contributed by atoms with E-state index < -0.39 is 5.97 Å². The fourth-order valence-electron chi connectivity index (χ4n) is 2.70. The second-order valence-electron chi connectivity index (χ2n) is 5.80. The number of esters is 1. The van der Waals surface area contributed by atoms with E-state index in [9.17, 15) is 4.79 Å². The highest BCUT2D eigenvalue weighted by atomic mass is 16.5.